The van der Waals surface area contributed by atoms with Crippen molar-refractivity contribution in [2.24, 2.45) is 5.41 Å². The molecule has 16 heavy (non-hydrogen) atoms. The van der Waals surface area contributed by atoms with Gasteiger partial charge in [0.15, 0.2) is 0 Å². The SMILES string of the molecule is CC1(C(=O)Nc2ccc(F)nc2)CCNC1. The summed E-state index contributed by atoms with van der Waals surface area (Å²) in [6.45, 7) is 3.44. The molecule has 1 amide bonds. The largest absolute Gasteiger partial charge is 0.324 e. The molecule has 0 aliphatic carbocycles. The number of carbonyl (C=O) groups excluding carboxylic acids is 1. The minimum absolute atomic E-state index is 0.0501. The van der Waals surface area contributed by atoms with Gasteiger partial charge >= 0.3 is 0 Å². The van der Waals surface area contributed by atoms with Gasteiger partial charge < -0.3 is 10.6 Å². The molecule has 1 aromatic heterocycles. The van der Waals surface area contributed by atoms with Gasteiger partial charge in [0.05, 0.1) is 17.3 Å². The molecular weight excluding hydrogens is 209 g/mol. The number of hydrogen-bond donors (Lipinski definition) is 2. The maximum absolute atomic E-state index is 12.6. The van der Waals surface area contributed by atoms with E-state index in [-0.39, 0.29) is 11.3 Å². The summed E-state index contributed by atoms with van der Waals surface area (Å²) in [7, 11) is 0. The Hall–Kier alpha value is -1.49. The second-order valence-corrected chi connectivity index (χ2v) is 4.31. The Labute approximate surface area is 93.3 Å². The number of halogens is 1. The number of aromatic nitrogens is 1. The van der Waals surface area contributed by atoms with Crippen LogP contribution in [0.1, 0.15) is 13.3 Å². The smallest absolute Gasteiger partial charge is 0.231 e. The van der Waals surface area contributed by atoms with Crippen molar-refractivity contribution in [3.63, 3.8) is 0 Å². The molecule has 2 rings (SSSR count). The van der Waals surface area contributed by atoms with Crippen LogP contribution in [0.25, 0.3) is 0 Å². The number of pyridine rings is 1. The fraction of sp³-hybridized carbons (Fsp3) is 0.455. The lowest BCUT2D eigenvalue weighted by Gasteiger charge is -2.21. The summed E-state index contributed by atoms with van der Waals surface area (Å²) < 4.78 is 12.6. The van der Waals surface area contributed by atoms with Crippen molar-refractivity contribution >= 4 is 11.6 Å². The van der Waals surface area contributed by atoms with Crippen molar-refractivity contribution in [3.8, 4) is 0 Å². The average molecular weight is 223 g/mol. The van der Waals surface area contributed by atoms with Crippen molar-refractivity contribution in [1.82, 2.24) is 10.3 Å². The van der Waals surface area contributed by atoms with E-state index in [1.165, 1.54) is 18.3 Å². The van der Waals surface area contributed by atoms with Crippen LogP contribution in [0, 0.1) is 11.4 Å². The number of hydrogen-bond acceptors (Lipinski definition) is 3. The molecule has 1 aliphatic heterocycles. The van der Waals surface area contributed by atoms with Gasteiger partial charge in [0, 0.05) is 6.54 Å². The third-order valence-corrected chi connectivity index (χ3v) is 2.90. The lowest BCUT2D eigenvalue weighted by molar-refractivity contribution is -0.123. The molecule has 1 fully saturated rings. The van der Waals surface area contributed by atoms with E-state index in [1.807, 2.05) is 6.92 Å². The van der Waals surface area contributed by atoms with Gasteiger partial charge in [0.1, 0.15) is 0 Å². The summed E-state index contributed by atoms with van der Waals surface area (Å²) in [5.74, 6) is -0.599. The zero-order valence-electron chi connectivity index (χ0n) is 9.09. The summed E-state index contributed by atoms with van der Waals surface area (Å²) in [4.78, 5) is 15.4. The standard InChI is InChI=1S/C11H14FN3O/c1-11(4-5-13-7-11)10(16)15-8-2-3-9(12)14-6-8/h2-3,6,13H,4-5,7H2,1H3,(H,15,16). The van der Waals surface area contributed by atoms with E-state index in [0.29, 0.717) is 12.2 Å². The average Bonchev–Trinajstić information content (AvgIpc) is 2.70. The minimum atomic E-state index is -0.549. The normalized spacial score (nSPS) is 24.4. The first-order chi connectivity index (χ1) is 7.60. The van der Waals surface area contributed by atoms with E-state index in [0.717, 1.165) is 13.0 Å². The van der Waals surface area contributed by atoms with E-state index < -0.39 is 5.95 Å². The van der Waals surface area contributed by atoms with Gasteiger partial charge in [0.25, 0.3) is 0 Å². The second kappa shape index (κ2) is 4.17. The van der Waals surface area contributed by atoms with Gasteiger partial charge in [-0.25, -0.2) is 4.98 Å². The van der Waals surface area contributed by atoms with Crippen LogP contribution in [-0.4, -0.2) is 24.0 Å². The van der Waals surface area contributed by atoms with E-state index >= 15 is 0 Å². The number of amides is 1. The van der Waals surface area contributed by atoms with Gasteiger partial charge in [-0.3, -0.25) is 4.79 Å². The zero-order chi connectivity index (χ0) is 11.6. The summed E-state index contributed by atoms with van der Waals surface area (Å²) >= 11 is 0. The maximum atomic E-state index is 12.6. The first kappa shape index (κ1) is 11.0. The molecule has 4 nitrogen and oxygen atoms in total. The molecule has 1 aliphatic rings. The molecule has 2 heterocycles. The van der Waals surface area contributed by atoms with Crippen molar-refractivity contribution in [2.45, 2.75) is 13.3 Å². The summed E-state index contributed by atoms with van der Waals surface area (Å²) in [5, 5.41) is 5.90. The van der Waals surface area contributed by atoms with Crippen LogP contribution in [0.3, 0.4) is 0 Å². The van der Waals surface area contributed by atoms with Crippen molar-refractivity contribution in [2.75, 3.05) is 18.4 Å². The Morgan fingerprint density at radius 2 is 2.44 bits per heavy atom. The molecule has 1 atom stereocenters. The third-order valence-electron chi connectivity index (χ3n) is 2.90. The molecule has 5 heteroatoms. The summed E-state index contributed by atoms with van der Waals surface area (Å²) in [6.07, 6.45) is 2.13. The van der Waals surface area contributed by atoms with E-state index in [1.54, 1.807) is 0 Å². The zero-order valence-corrected chi connectivity index (χ0v) is 9.09. The van der Waals surface area contributed by atoms with Crippen molar-refractivity contribution < 1.29 is 9.18 Å². The highest BCUT2D eigenvalue weighted by molar-refractivity contribution is 5.95. The highest BCUT2D eigenvalue weighted by atomic mass is 19.1. The van der Waals surface area contributed by atoms with Crippen LogP contribution >= 0.6 is 0 Å². The number of rotatable bonds is 2. The molecule has 2 N–H and O–H groups in total. The third kappa shape index (κ3) is 2.19. The monoisotopic (exact) mass is 223 g/mol. The molecule has 1 unspecified atom stereocenters. The number of anilines is 1. The number of nitrogens with zero attached hydrogens (tertiary/aromatic N) is 1. The van der Waals surface area contributed by atoms with E-state index in [9.17, 15) is 9.18 Å². The molecule has 0 radical (unpaired) electrons. The first-order valence-electron chi connectivity index (χ1n) is 5.24. The van der Waals surface area contributed by atoms with Crippen molar-refractivity contribution in [3.05, 3.63) is 24.3 Å². The molecule has 0 saturated carbocycles. The lowest BCUT2D eigenvalue weighted by Crippen LogP contribution is -2.35. The fourth-order valence-corrected chi connectivity index (χ4v) is 1.74. The predicted molar refractivity (Wildman–Crippen MR) is 58.4 cm³/mol. The van der Waals surface area contributed by atoms with Gasteiger partial charge in [-0.05, 0) is 32.0 Å². The van der Waals surface area contributed by atoms with Crippen LogP contribution in [-0.2, 0) is 4.79 Å². The van der Waals surface area contributed by atoms with Gasteiger partial charge in [-0.15, -0.1) is 0 Å². The molecule has 1 aromatic rings. The van der Waals surface area contributed by atoms with Gasteiger partial charge in [-0.2, -0.15) is 4.39 Å². The van der Waals surface area contributed by atoms with Crippen LogP contribution in [0.4, 0.5) is 10.1 Å². The molecule has 86 valence electrons. The Bertz CT molecular complexity index is 385. The lowest BCUT2D eigenvalue weighted by atomic mass is 9.89. The van der Waals surface area contributed by atoms with Gasteiger partial charge in [-0.1, -0.05) is 0 Å². The van der Waals surface area contributed by atoms with Crippen LogP contribution in [0.15, 0.2) is 18.3 Å². The first-order valence-corrected chi connectivity index (χ1v) is 5.24. The minimum Gasteiger partial charge on any atom is -0.324 e. The van der Waals surface area contributed by atoms with Crippen LogP contribution < -0.4 is 10.6 Å². The molecule has 0 bridgehead atoms. The summed E-state index contributed by atoms with van der Waals surface area (Å²) in [6, 6.07) is 2.73. The highest BCUT2D eigenvalue weighted by Crippen LogP contribution is 2.26. The van der Waals surface area contributed by atoms with E-state index in [4.69, 9.17) is 0 Å². The molecule has 0 spiro atoms. The predicted octanol–water partition coefficient (Wildman–Crippen LogP) is 1.16. The molecule has 1 saturated heterocycles. The van der Waals surface area contributed by atoms with E-state index in [2.05, 4.69) is 15.6 Å². The Balaban J connectivity index is 2.04. The van der Waals surface area contributed by atoms with Gasteiger partial charge in [0.2, 0.25) is 11.9 Å². The summed E-state index contributed by atoms with van der Waals surface area (Å²) in [5.41, 5.74) is 0.147. The quantitative estimate of drug-likeness (QED) is 0.740. The fourth-order valence-electron chi connectivity index (χ4n) is 1.74. The Kier molecular flexibility index (Phi) is 2.87. The Morgan fingerprint density at radius 1 is 1.62 bits per heavy atom. The second-order valence-electron chi connectivity index (χ2n) is 4.31. The topological polar surface area (TPSA) is 54.0 Å². The number of nitrogens with one attached hydrogen (secondary N) is 2. The molecular formula is C11H14FN3O. The van der Waals surface area contributed by atoms with Crippen LogP contribution in [0.2, 0.25) is 0 Å². The van der Waals surface area contributed by atoms with Crippen LogP contribution in [0.5, 0.6) is 0 Å². The molecule has 0 aromatic carbocycles. The highest BCUT2D eigenvalue weighted by Gasteiger charge is 2.36. The maximum Gasteiger partial charge on any atom is 0.231 e. The Morgan fingerprint density at radius 3 is 3.00 bits per heavy atom. The number of carbonyl (C=O) groups is 1. The van der Waals surface area contributed by atoms with Crippen molar-refractivity contribution in [1.29, 1.82) is 0 Å².